The number of carbonyl (C=O) groups is 1. The Bertz CT molecular complexity index is 1260. The third-order valence-corrected chi connectivity index (χ3v) is 6.46. The maximum atomic E-state index is 12.6. The number of aryl methyl sites for hydroxylation is 1. The van der Waals surface area contributed by atoms with Gasteiger partial charge in [-0.2, -0.15) is 0 Å². The van der Waals surface area contributed by atoms with Crippen molar-refractivity contribution < 1.29 is 4.79 Å². The van der Waals surface area contributed by atoms with Crippen LogP contribution in [0.5, 0.6) is 0 Å². The molecule has 0 aliphatic rings. The molecule has 0 spiro atoms. The average Bonchev–Trinajstić information content (AvgIpc) is 3.30. The number of aromatic nitrogens is 4. The van der Waals surface area contributed by atoms with Gasteiger partial charge in [-0.15, -0.1) is 11.3 Å². The van der Waals surface area contributed by atoms with Gasteiger partial charge in [0, 0.05) is 41.8 Å². The molecular formula is C25H26N6OS. The third-order valence-electron chi connectivity index (χ3n) is 5.04. The van der Waals surface area contributed by atoms with Crippen molar-refractivity contribution in [2.45, 2.75) is 39.7 Å². The SMILES string of the molecule is Cc1cc(-c2ccnc(Nc3ccncc3)n2)ccc1CNC(=O)c1cnc(C(C)(C)C)s1. The second kappa shape index (κ2) is 9.46. The lowest BCUT2D eigenvalue weighted by molar-refractivity contribution is 0.0954. The molecule has 33 heavy (non-hydrogen) atoms. The zero-order valence-electron chi connectivity index (χ0n) is 19.1. The fourth-order valence-electron chi connectivity index (χ4n) is 3.19. The first-order chi connectivity index (χ1) is 15.8. The maximum Gasteiger partial charge on any atom is 0.263 e. The van der Waals surface area contributed by atoms with Gasteiger partial charge in [0.25, 0.3) is 5.91 Å². The molecule has 1 aromatic carbocycles. The van der Waals surface area contributed by atoms with E-state index in [4.69, 9.17) is 0 Å². The molecule has 0 aliphatic heterocycles. The van der Waals surface area contributed by atoms with Gasteiger partial charge in [0.1, 0.15) is 4.88 Å². The summed E-state index contributed by atoms with van der Waals surface area (Å²) in [6, 6.07) is 11.7. The predicted octanol–water partition coefficient (Wildman–Crippen LogP) is 5.27. The van der Waals surface area contributed by atoms with Gasteiger partial charge in [-0.1, -0.05) is 32.9 Å². The molecule has 3 aromatic heterocycles. The first-order valence-corrected chi connectivity index (χ1v) is 11.5. The molecular weight excluding hydrogens is 432 g/mol. The quantitative estimate of drug-likeness (QED) is 0.409. The molecule has 0 saturated carbocycles. The van der Waals surface area contributed by atoms with Crippen molar-refractivity contribution >= 4 is 28.9 Å². The van der Waals surface area contributed by atoms with Gasteiger partial charge >= 0.3 is 0 Å². The molecule has 3 heterocycles. The third kappa shape index (κ3) is 5.59. The molecule has 1 amide bonds. The molecule has 2 N–H and O–H groups in total. The zero-order valence-corrected chi connectivity index (χ0v) is 19.9. The fourth-order valence-corrected chi connectivity index (χ4v) is 4.08. The minimum atomic E-state index is -0.103. The monoisotopic (exact) mass is 458 g/mol. The number of thiazole rings is 1. The van der Waals surface area contributed by atoms with Crippen LogP contribution in [0.2, 0.25) is 0 Å². The van der Waals surface area contributed by atoms with E-state index in [-0.39, 0.29) is 11.3 Å². The molecule has 8 heteroatoms. The van der Waals surface area contributed by atoms with Crippen molar-refractivity contribution in [1.82, 2.24) is 25.3 Å². The first kappa shape index (κ1) is 22.5. The van der Waals surface area contributed by atoms with Gasteiger partial charge in [-0.25, -0.2) is 15.0 Å². The minimum absolute atomic E-state index is 0.0652. The van der Waals surface area contributed by atoms with Gasteiger partial charge in [-0.3, -0.25) is 9.78 Å². The second-order valence-electron chi connectivity index (χ2n) is 8.73. The van der Waals surface area contributed by atoms with Crippen LogP contribution in [-0.2, 0) is 12.0 Å². The van der Waals surface area contributed by atoms with Crippen LogP contribution in [0.25, 0.3) is 11.3 Å². The predicted molar refractivity (Wildman–Crippen MR) is 132 cm³/mol. The lowest BCUT2D eigenvalue weighted by Gasteiger charge is -2.13. The largest absolute Gasteiger partial charge is 0.347 e. The van der Waals surface area contributed by atoms with E-state index < -0.39 is 0 Å². The highest BCUT2D eigenvalue weighted by molar-refractivity contribution is 7.13. The Morgan fingerprint density at radius 3 is 2.52 bits per heavy atom. The normalized spacial score (nSPS) is 11.3. The molecule has 0 aliphatic carbocycles. The van der Waals surface area contributed by atoms with Crippen molar-refractivity contribution in [3.8, 4) is 11.3 Å². The summed E-state index contributed by atoms with van der Waals surface area (Å²) in [6.07, 6.45) is 6.82. The van der Waals surface area contributed by atoms with Gasteiger partial charge < -0.3 is 10.6 Å². The summed E-state index contributed by atoms with van der Waals surface area (Å²) in [5.41, 5.74) is 4.75. The smallest absolute Gasteiger partial charge is 0.263 e. The van der Waals surface area contributed by atoms with Gasteiger partial charge in [0.15, 0.2) is 0 Å². The topological polar surface area (TPSA) is 92.7 Å². The number of nitrogens with zero attached hydrogens (tertiary/aromatic N) is 4. The zero-order chi connectivity index (χ0) is 23.4. The Morgan fingerprint density at radius 2 is 1.82 bits per heavy atom. The van der Waals surface area contributed by atoms with Crippen LogP contribution >= 0.6 is 11.3 Å². The van der Waals surface area contributed by atoms with Gasteiger partial charge in [0.05, 0.1) is 16.9 Å². The van der Waals surface area contributed by atoms with Crippen molar-refractivity contribution in [2.24, 2.45) is 0 Å². The minimum Gasteiger partial charge on any atom is -0.347 e. The molecule has 0 bridgehead atoms. The summed E-state index contributed by atoms with van der Waals surface area (Å²) < 4.78 is 0. The summed E-state index contributed by atoms with van der Waals surface area (Å²) in [6.45, 7) is 8.76. The number of pyridine rings is 1. The highest BCUT2D eigenvalue weighted by Crippen LogP contribution is 2.27. The Balaban J connectivity index is 1.43. The van der Waals surface area contributed by atoms with Crippen LogP contribution in [0.4, 0.5) is 11.6 Å². The molecule has 0 saturated heterocycles. The van der Waals surface area contributed by atoms with E-state index in [1.165, 1.54) is 11.3 Å². The Kier molecular flexibility index (Phi) is 6.46. The maximum absolute atomic E-state index is 12.6. The molecule has 0 unspecified atom stereocenters. The summed E-state index contributed by atoms with van der Waals surface area (Å²) in [7, 11) is 0. The number of hydrogen-bond acceptors (Lipinski definition) is 7. The number of rotatable bonds is 6. The number of hydrogen-bond donors (Lipinski definition) is 2. The summed E-state index contributed by atoms with van der Waals surface area (Å²) in [4.78, 5) is 30.5. The second-order valence-corrected chi connectivity index (χ2v) is 9.76. The van der Waals surface area contributed by atoms with E-state index in [9.17, 15) is 4.79 Å². The highest BCUT2D eigenvalue weighted by atomic mass is 32.1. The van der Waals surface area contributed by atoms with Gasteiger partial charge in [0.2, 0.25) is 5.95 Å². The first-order valence-electron chi connectivity index (χ1n) is 10.6. The number of benzene rings is 1. The van der Waals surface area contributed by atoms with Crippen LogP contribution < -0.4 is 10.6 Å². The molecule has 7 nitrogen and oxygen atoms in total. The Labute approximate surface area is 197 Å². The standard InChI is InChI=1S/C25H26N6OS/c1-16-13-17(20-9-12-27-24(31-20)30-19-7-10-26-11-8-19)5-6-18(16)14-28-22(32)21-15-29-23(33-21)25(2,3)4/h5-13,15H,14H2,1-4H3,(H,28,32)(H,26,27,30,31). The van der Waals surface area contributed by atoms with E-state index in [1.807, 2.05) is 37.3 Å². The molecule has 0 atom stereocenters. The number of amides is 1. The molecule has 4 rings (SSSR count). The van der Waals surface area contributed by atoms with Crippen LogP contribution in [0.3, 0.4) is 0 Å². The lowest BCUT2D eigenvalue weighted by atomic mass is 9.98. The average molecular weight is 459 g/mol. The van der Waals surface area contributed by atoms with Crippen molar-refractivity contribution in [3.63, 3.8) is 0 Å². The highest BCUT2D eigenvalue weighted by Gasteiger charge is 2.20. The number of nitrogens with one attached hydrogen (secondary N) is 2. The summed E-state index contributed by atoms with van der Waals surface area (Å²) in [5.74, 6) is 0.418. The van der Waals surface area contributed by atoms with Crippen LogP contribution in [-0.4, -0.2) is 25.8 Å². The lowest BCUT2D eigenvalue weighted by Crippen LogP contribution is -2.22. The molecule has 4 aromatic rings. The van der Waals surface area contributed by atoms with Crippen LogP contribution in [0.15, 0.2) is 61.2 Å². The Hall–Kier alpha value is -3.65. The Morgan fingerprint density at radius 1 is 1.03 bits per heavy atom. The van der Waals surface area contributed by atoms with Crippen LogP contribution in [0, 0.1) is 6.92 Å². The molecule has 168 valence electrons. The van der Waals surface area contributed by atoms with E-state index in [0.29, 0.717) is 17.4 Å². The molecule has 0 radical (unpaired) electrons. The fraction of sp³-hybridized carbons (Fsp3) is 0.240. The van der Waals surface area contributed by atoms with Crippen LogP contribution in [0.1, 0.15) is 46.6 Å². The van der Waals surface area contributed by atoms with Crippen molar-refractivity contribution in [1.29, 1.82) is 0 Å². The van der Waals surface area contributed by atoms with E-state index >= 15 is 0 Å². The van der Waals surface area contributed by atoms with Gasteiger partial charge in [-0.05, 0) is 42.3 Å². The molecule has 0 fully saturated rings. The van der Waals surface area contributed by atoms with Crippen molar-refractivity contribution in [2.75, 3.05) is 5.32 Å². The number of anilines is 2. The van der Waals surface area contributed by atoms with E-state index in [2.05, 4.69) is 57.4 Å². The number of carbonyl (C=O) groups excluding carboxylic acids is 1. The van der Waals surface area contributed by atoms with E-state index in [1.54, 1.807) is 24.8 Å². The van der Waals surface area contributed by atoms with Crippen molar-refractivity contribution in [3.05, 3.63) is 82.2 Å². The summed E-state index contributed by atoms with van der Waals surface area (Å²) in [5, 5.41) is 7.15. The van der Waals surface area contributed by atoms with E-state index in [0.717, 1.165) is 33.1 Å². The summed E-state index contributed by atoms with van der Waals surface area (Å²) >= 11 is 1.44.